The van der Waals surface area contributed by atoms with Gasteiger partial charge in [0.1, 0.15) is 5.75 Å². The number of benzene rings is 1. The van der Waals surface area contributed by atoms with Crippen LogP contribution in [0.3, 0.4) is 0 Å². The molecule has 1 aromatic carbocycles. The number of rotatable bonds is 6. The van der Waals surface area contributed by atoms with Crippen molar-refractivity contribution in [3.05, 3.63) is 29.8 Å². The minimum atomic E-state index is -0.378. The fourth-order valence-electron chi connectivity index (χ4n) is 4.75. The number of hydrogen-bond acceptors (Lipinski definition) is 3. The van der Waals surface area contributed by atoms with Crippen molar-refractivity contribution >= 4 is 11.8 Å². The van der Waals surface area contributed by atoms with Crippen LogP contribution in [0.2, 0.25) is 0 Å². The van der Waals surface area contributed by atoms with E-state index in [9.17, 15) is 9.59 Å². The van der Waals surface area contributed by atoms with E-state index in [2.05, 4.69) is 29.3 Å². The Kier molecular flexibility index (Phi) is 6.01. The Bertz CT molecular complexity index is 708. The molecule has 1 aliphatic carbocycles. The van der Waals surface area contributed by atoms with Gasteiger partial charge in [0.05, 0.1) is 7.11 Å². The molecular weight excluding hydrogens is 352 g/mol. The van der Waals surface area contributed by atoms with Crippen LogP contribution in [-0.4, -0.2) is 43.0 Å². The molecule has 154 valence electrons. The minimum absolute atomic E-state index is 0.0869. The topological polar surface area (TPSA) is 58.6 Å². The number of amides is 2. The largest absolute Gasteiger partial charge is 0.497 e. The lowest BCUT2D eigenvalue weighted by Crippen LogP contribution is -2.40. The van der Waals surface area contributed by atoms with Gasteiger partial charge in [-0.25, -0.2) is 0 Å². The molecule has 0 spiro atoms. The highest BCUT2D eigenvalue weighted by Gasteiger charge is 2.50. The molecule has 5 nitrogen and oxygen atoms in total. The molecule has 3 rings (SSSR count). The first kappa shape index (κ1) is 20.7. The Morgan fingerprint density at radius 1 is 1.25 bits per heavy atom. The van der Waals surface area contributed by atoms with Crippen LogP contribution in [0.1, 0.15) is 46.1 Å². The molecule has 28 heavy (non-hydrogen) atoms. The average Bonchev–Trinajstić information content (AvgIpc) is 3.10. The van der Waals surface area contributed by atoms with E-state index in [1.54, 1.807) is 7.11 Å². The third kappa shape index (κ3) is 4.34. The van der Waals surface area contributed by atoms with Crippen molar-refractivity contribution in [2.45, 2.75) is 53.0 Å². The van der Waals surface area contributed by atoms with Crippen molar-refractivity contribution in [3.8, 4) is 5.75 Å². The molecule has 1 heterocycles. The Hall–Kier alpha value is -2.04. The van der Waals surface area contributed by atoms with Gasteiger partial charge in [0.15, 0.2) is 0 Å². The third-order valence-electron chi connectivity index (χ3n) is 6.50. The second kappa shape index (κ2) is 8.14. The number of ether oxygens (including phenoxy) is 1. The monoisotopic (exact) mass is 386 g/mol. The molecule has 2 fully saturated rings. The Morgan fingerprint density at radius 3 is 2.54 bits per heavy atom. The summed E-state index contributed by atoms with van der Waals surface area (Å²) in [6.45, 7) is 9.51. The van der Waals surface area contributed by atoms with Gasteiger partial charge in [-0.15, -0.1) is 0 Å². The van der Waals surface area contributed by atoms with E-state index >= 15 is 0 Å². The van der Waals surface area contributed by atoms with Gasteiger partial charge in [-0.1, -0.05) is 39.8 Å². The van der Waals surface area contributed by atoms with Gasteiger partial charge in [0, 0.05) is 31.0 Å². The Morgan fingerprint density at radius 2 is 1.93 bits per heavy atom. The van der Waals surface area contributed by atoms with Crippen molar-refractivity contribution < 1.29 is 14.3 Å². The summed E-state index contributed by atoms with van der Waals surface area (Å²) in [6, 6.07) is 8.39. The first-order valence-corrected chi connectivity index (χ1v) is 10.4. The van der Waals surface area contributed by atoms with Crippen LogP contribution < -0.4 is 10.1 Å². The number of methoxy groups -OCH3 is 1. The van der Waals surface area contributed by atoms with Gasteiger partial charge < -0.3 is 15.0 Å². The lowest BCUT2D eigenvalue weighted by molar-refractivity contribution is -0.129. The number of likely N-dealkylation sites (tertiary alicyclic amines) is 1. The van der Waals surface area contributed by atoms with E-state index in [0.29, 0.717) is 36.8 Å². The summed E-state index contributed by atoms with van der Waals surface area (Å²) in [5.74, 6) is 2.47. The first-order valence-electron chi connectivity index (χ1n) is 10.4. The zero-order valence-corrected chi connectivity index (χ0v) is 17.8. The first-order chi connectivity index (χ1) is 13.2. The molecule has 0 bridgehead atoms. The maximum Gasteiger partial charge on any atom is 0.225 e. The number of carbonyl (C=O) groups is 2. The van der Waals surface area contributed by atoms with Gasteiger partial charge in [0.2, 0.25) is 11.8 Å². The van der Waals surface area contributed by atoms with Gasteiger partial charge in [-0.2, -0.15) is 0 Å². The summed E-state index contributed by atoms with van der Waals surface area (Å²) >= 11 is 0. The van der Waals surface area contributed by atoms with Gasteiger partial charge in [-0.3, -0.25) is 9.59 Å². The van der Waals surface area contributed by atoms with E-state index in [-0.39, 0.29) is 17.2 Å². The molecule has 0 aromatic heterocycles. The van der Waals surface area contributed by atoms with Crippen LogP contribution in [0.4, 0.5) is 0 Å². The quantitative estimate of drug-likeness (QED) is 0.816. The van der Waals surface area contributed by atoms with Crippen LogP contribution in [0.15, 0.2) is 24.3 Å². The zero-order valence-electron chi connectivity index (χ0n) is 17.8. The molecule has 1 saturated carbocycles. The lowest BCUT2D eigenvalue weighted by Gasteiger charge is -2.25. The molecule has 1 aromatic rings. The van der Waals surface area contributed by atoms with Crippen molar-refractivity contribution in [1.82, 2.24) is 10.2 Å². The predicted molar refractivity (Wildman–Crippen MR) is 110 cm³/mol. The van der Waals surface area contributed by atoms with E-state index in [0.717, 1.165) is 25.1 Å². The van der Waals surface area contributed by atoms with E-state index in [1.807, 2.05) is 32.9 Å². The van der Waals surface area contributed by atoms with Crippen molar-refractivity contribution in [3.63, 3.8) is 0 Å². The predicted octanol–water partition coefficient (Wildman–Crippen LogP) is 3.27. The average molecular weight is 387 g/mol. The van der Waals surface area contributed by atoms with Gasteiger partial charge >= 0.3 is 0 Å². The van der Waals surface area contributed by atoms with E-state index < -0.39 is 0 Å². The van der Waals surface area contributed by atoms with Crippen LogP contribution in [0.25, 0.3) is 0 Å². The summed E-state index contributed by atoms with van der Waals surface area (Å²) in [6.07, 6.45) is 2.52. The molecule has 0 unspecified atom stereocenters. The summed E-state index contributed by atoms with van der Waals surface area (Å²) in [5.41, 5.74) is 0.842. The molecule has 2 amide bonds. The molecule has 0 radical (unpaired) electrons. The summed E-state index contributed by atoms with van der Waals surface area (Å²) in [4.78, 5) is 27.0. The van der Waals surface area contributed by atoms with Crippen LogP contribution in [0, 0.1) is 23.2 Å². The molecule has 1 aliphatic heterocycles. The number of hydrogen-bond donors (Lipinski definition) is 1. The van der Waals surface area contributed by atoms with Crippen LogP contribution in [0.5, 0.6) is 5.75 Å². The van der Waals surface area contributed by atoms with E-state index in [1.165, 1.54) is 5.56 Å². The fraction of sp³-hybridized carbons (Fsp3) is 0.652. The fourth-order valence-corrected chi connectivity index (χ4v) is 4.75. The van der Waals surface area contributed by atoms with Gasteiger partial charge in [-0.05, 0) is 48.3 Å². The van der Waals surface area contributed by atoms with Crippen molar-refractivity contribution in [2.24, 2.45) is 23.2 Å². The number of nitrogens with zero attached hydrogens (tertiary/aromatic N) is 1. The number of fused-ring (bicyclic) bond motifs is 1. The van der Waals surface area contributed by atoms with Gasteiger partial charge in [0.25, 0.3) is 0 Å². The molecule has 1 N–H and O–H groups in total. The van der Waals surface area contributed by atoms with Crippen LogP contribution in [-0.2, 0) is 16.0 Å². The summed E-state index contributed by atoms with van der Waals surface area (Å²) in [7, 11) is 1.67. The molecular formula is C23H34N2O3. The maximum atomic E-state index is 12.7. The summed E-state index contributed by atoms with van der Waals surface area (Å²) in [5, 5.41) is 3.13. The minimum Gasteiger partial charge on any atom is -0.497 e. The standard InChI is InChI=1S/C23H34N2O3/c1-15-12-20-18(19(15)14-24-22(27)23(2,3)4)13-21(26)25(20)11-10-16-6-8-17(28-5)9-7-16/h6-9,15,18-20H,10-14H2,1-5H3,(H,24,27)/t15-,18-,19+,20+/m0/s1. The maximum absolute atomic E-state index is 12.7. The molecule has 2 aliphatic rings. The molecule has 5 heteroatoms. The normalized spacial score (nSPS) is 27.0. The zero-order chi connectivity index (χ0) is 20.5. The molecule has 4 atom stereocenters. The highest BCUT2D eigenvalue weighted by molar-refractivity contribution is 5.81. The smallest absolute Gasteiger partial charge is 0.225 e. The highest BCUT2D eigenvalue weighted by atomic mass is 16.5. The lowest BCUT2D eigenvalue weighted by atomic mass is 9.88. The van der Waals surface area contributed by atoms with Crippen LogP contribution >= 0.6 is 0 Å². The SMILES string of the molecule is COc1ccc(CCN2C(=O)C[C@H]3[C@H](CNC(=O)C(C)(C)C)[C@@H](C)C[C@H]32)cc1. The third-order valence-corrected chi connectivity index (χ3v) is 6.50. The highest BCUT2D eigenvalue weighted by Crippen LogP contribution is 2.45. The molecule has 1 saturated heterocycles. The van der Waals surface area contributed by atoms with Crippen molar-refractivity contribution in [2.75, 3.05) is 20.2 Å². The number of carbonyl (C=O) groups excluding carboxylic acids is 2. The van der Waals surface area contributed by atoms with Crippen molar-refractivity contribution in [1.29, 1.82) is 0 Å². The number of nitrogens with one attached hydrogen (secondary N) is 1. The second-order valence-electron chi connectivity index (χ2n) is 9.46. The Balaban J connectivity index is 1.59. The summed E-state index contributed by atoms with van der Waals surface area (Å²) < 4.78 is 5.21. The Labute approximate surface area is 168 Å². The second-order valence-corrected chi connectivity index (χ2v) is 9.46. The van der Waals surface area contributed by atoms with E-state index in [4.69, 9.17) is 4.74 Å².